The number of benzene rings is 2. The lowest BCUT2D eigenvalue weighted by Crippen LogP contribution is -3.00. The van der Waals surface area contributed by atoms with Crippen LogP contribution in [0.25, 0.3) is 0 Å². The molecule has 0 aliphatic rings. The molecule has 0 bridgehead atoms. The lowest BCUT2D eigenvalue weighted by molar-refractivity contribution is -0.671. The van der Waals surface area contributed by atoms with Gasteiger partial charge in [0.15, 0.2) is 12.4 Å². The lowest BCUT2D eigenvalue weighted by Gasteiger charge is -2.12. The fourth-order valence-corrected chi connectivity index (χ4v) is 3.26. The molecule has 0 N–H and O–H groups in total. The number of methoxy groups -OCH3 is 1. The second-order valence-corrected chi connectivity index (χ2v) is 8.69. The van der Waals surface area contributed by atoms with Crippen LogP contribution in [0.3, 0.4) is 0 Å². The number of ether oxygens (including phenoxy) is 1. The molecule has 208 valence electrons. The second-order valence-electron chi connectivity index (χ2n) is 8.69. The molecular formula is C28H36Cl2N8O. The van der Waals surface area contributed by atoms with Crippen molar-refractivity contribution in [3.05, 3.63) is 91.0 Å². The van der Waals surface area contributed by atoms with Gasteiger partial charge in [-0.2, -0.15) is 5.10 Å². The van der Waals surface area contributed by atoms with E-state index in [0.717, 1.165) is 34.3 Å². The minimum absolute atomic E-state index is 0. The average Bonchev–Trinajstić information content (AvgIpc) is 3.24. The van der Waals surface area contributed by atoms with Crippen molar-refractivity contribution in [2.24, 2.45) is 36.5 Å². The zero-order chi connectivity index (χ0) is 26.8. The van der Waals surface area contributed by atoms with Gasteiger partial charge in [-0.15, -0.1) is 0 Å². The summed E-state index contributed by atoms with van der Waals surface area (Å²) in [6.07, 6.45) is 9.72. The Kier molecular flexibility index (Phi) is 13.7. The van der Waals surface area contributed by atoms with Gasteiger partial charge in [-0.25, -0.2) is 13.7 Å². The predicted molar refractivity (Wildman–Crippen MR) is 148 cm³/mol. The van der Waals surface area contributed by atoms with E-state index in [-0.39, 0.29) is 24.8 Å². The van der Waals surface area contributed by atoms with Crippen LogP contribution in [-0.2, 0) is 21.1 Å². The first-order valence-corrected chi connectivity index (χ1v) is 11.8. The molecule has 0 unspecified atom stereocenters. The summed E-state index contributed by atoms with van der Waals surface area (Å²) in [5.74, 6) is 1.66. The van der Waals surface area contributed by atoms with Crippen LogP contribution < -0.4 is 48.6 Å². The molecule has 0 amide bonds. The normalized spacial score (nSPS) is 10.3. The van der Waals surface area contributed by atoms with Gasteiger partial charge < -0.3 is 34.5 Å². The van der Waals surface area contributed by atoms with Crippen LogP contribution >= 0.6 is 0 Å². The third kappa shape index (κ3) is 10.0. The molecule has 39 heavy (non-hydrogen) atoms. The lowest BCUT2D eigenvalue weighted by atomic mass is 10.3. The number of nitrogens with zero attached hydrogens (tertiary/aromatic N) is 8. The summed E-state index contributed by atoms with van der Waals surface area (Å²) in [6, 6.07) is 19.8. The minimum Gasteiger partial charge on any atom is -1.00 e. The van der Waals surface area contributed by atoms with Crippen LogP contribution in [0.5, 0.6) is 5.75 Å². The summed E-state index contributed by atoms with van der Waals surface area (Å²) >= 11 is 0. The van der Waals surface area contributed by atoms with Gasteiger partial charge >= 0.3 is 5.95 Å². The third-order valence-corrected chi connectivity index (χ3v) is 5.60. The Morgan fingerprint density at radius 2 is 1.38 bits per heavy atom. The Bertz CT molecular complexity index is 1300. The number of imidazole rings is 1. The van der Waals surface area contributed by atoms with Crippen LogP contribution in [-0.4, -0.2) is 39.0 Å². The number of azo groups is 1. The average molecular weight is 572 g/mol. The van der Waals surface area contributed by atoms with Crippen molar-refractivity contribution in [1.29, 1.82) is 0 Å². The molecule has 0 saturated heterocycles. The molecule has 0 aliphatic heterocycles. The fourth-order valence-electron chi connectivity index (χ4n) is 3.26. The molecule has 9 nitrogen and oxygen atoms in total. The van der Waals surface area contributed by atoms with Crippen molar-refractivity contribution in [1.82, 2.24) is 4.57 Å². The van der Waals surface area contributed by atoms with Crippen molar-refractivity contribution < 1.29 is 38.7 Å². The number of hydrazone groups is 1. The van der Waals surface area contributed by atoms with Crippen LogP contribution in [0.1, 0.15) is 5.56 Å². The van der Waals surface area contributed by atoms with Crippen LogP contribution in [0, 0.1) is 0 Å². The topological polar surface area (TPSA) is 65.5 Å². The minimum atomic E-state index is 0. The number of hydrogen-bond acceptors (Lipinski definition) is 6. The highest BCUT2D eigenvalue weighted by atomic mass is 35.5. The Balaban J connectivity index is 0.000000371. The molecule has 0 aliphatic carbocycles. The third-order valence-electron chi connectivity index (χ3n) is 5.60. The van der Waals surface area contributed by atoms with Gasteiger partial charge in [0.25, 0.3) is 0 Å². The van der Waals surface area contributed by atoms with Crippen molar-refractivity contribution in [2.45, 2.75) is 0 Å². The number of rotatable bonds is 7. The summed E-state index contributed by atoms with van der Waals surface area (Å²) in [5, 5.41) is 14.7. The van der Waals surface area contributed by atoms with E-state index >= 15 is 0 Å². The fraction of sp³-hybridized carbons (Fsp3) is 0.250. The number of anilines is 2. The van der Waals surface area contributed by atoms with Gasteiger partial charge in [0.2, 0.25) is 0 Å². The number of aryl methyl sites for hydroxylation is 3. The maximum Gasteiger partial charge on any atom is 0.421 e. The first kappa shape index (κ1) is 33.1. The Morgan fingerprint density at radius 3 is 1.90 bits per heavy atom. The van der Waals surface area contributed by atoms with Gasteiger partial charge in [-0.05, 0) is 48.5 Å². The van der Waals surface area contributed by atoms with E-state index in [1.807, 2.05) is 153 Å². The van der Waals surface area contributed by atoms with E-state index < -0.39 is 0 Å². The number of aromatic nitrogens is 3. The number of halogens is 2. The predicted octanol–water partition coefficient (Wildman–Crippen LogP) is -1.67. The summed E-state index contributed by atoms with van der Waals surface area (Å²) < 4.78 is 11.0. The van der Waals surface area contributed by atoms with Crippen LogP contribution in [0.2, 0.25) is 0 Å². The highest BCUT2D eigenvalue weighted by Gasteiger charge is 2.10. The molecular weight excluding hydrogens is 535 g/mol. The maximum atomic E-state index is 5.13. The van der Waals surface area contributed by atoms with E-state index in [1.165, 1.54) is 0 Å². The first-order valence-electron chi connectivity index (χ1n) is 11.8. The highest BCUT2D eigenvalue weighted by Crippen LogP contribution is 2.20. The Labute approximate surface area is 243 Å². The summed E-state index contributed by atoms with van der Waals surface area (Å²) in [6.45, 7) is 0. The standard InChI is InChI=1S/C15H18N3O.C13H18N5.2ClH/c1-17-10-8-13(9-11-17)12-16-18(2)14-4-6-15(19-3)7-5-14;1-16(2)12-7-5-11(6-8-12)14-15-13-17(3)9-10-18(13)4;;/h4-12H,1-3H3;5-10H,1-4H3;2*1H/q2*+1;;/p-2. The van der Waals surface area contributed by atoms with Crippen molar-refractivity contribution in [2.75, 3.05) is 38.2 Å². The van der Waals surface area contributed by atoms with Crippen molar-refractivity contribution in [3.8, 4) is 5.75 Å². The molecule has 11 heteroatoms. The monoisotopic (exact) mass is 570 g/mol. The Hall–Kier alpha value is -3.95. The summed E-state index contributed by atoms with van der Waals surface area (Å²) in [4.78, 5) is 2.05. The van der Waals surface area contributed by atoms with E-state index in [2.05, 4.69) is 20.2 Å². The largest absolute Gasteiger partial charge is 1.00 e. The van der Waals surface area contributed by atoms with Gasteiger partial charge in [-0.1, -0.05) is 5.11 Å². The smallest absolute Gasteiger partial charge is 0.421 e. The van der Waals surface area contributed by atoms with E-state index in [4.69, 9.17) is 4.74 Å². The molecule has 4 rings (SSSR count). The van der Waals surface area contributed by atoms with Crippen LogP contribution in [0.15, 0.2) is 101 Å². The molecule has 2 aromatic heterocycles. The summed E-state index contributed by atoms with van der Waals surface area (Å²) in [5.41, 5.74) is 4.08. The quantitative estimate of drug-likeness (QED) is 0.115. The van der Waals surface area contributed by atoms with Crippen molar-refractivity contribution >= 4 is 29.2 Å². The molecule has 4 aromatic rings. The SMILES string of the molecule is CN(C)c1ccc(N=Nc2n(C)cc[n+]2C)cc1.COc1ccc(N(C)/N=C/c2cc[n+](C)cc2)cc1.[Cl-].[Cl-]. The molecule has 0 atom stereocenters. The van der Waals surface area contributed by atoms with Crippen LogP contribution in [0.4, 0.5) is 23.0 Å². The van der Waals surface area contributed by atoms with Gasteiger partial charge in [0.1, 0.15) is 18.5 Å². The van der Waals surface area contributed by atoms with Gasteiger partial charge in [0, 0.05) is 49.6 Å². The van der Waals surface area contributed by atoms with E-state index in [0.29, 0.717) is 0 Å². The zero-order valence-corrected chi connectivity index (χ0v) is 24.9. The zero-order valence-electron chi connectivity index (χ0n) is 23.4. The van der Waals surface area contributed by atoms with Gasteiger partial charge in [0.05, 0.1) is 45.5 Å². The number of hydrogen-bond donors (Lipinski definition) is 0. The van der Waals surface area contributed by atoms with E-state index in [9.17, 15) is 0 Å². The maximum absolute atomic E-state index is 5.13. The van der Waals surface area contributed by atoms with E-state index in [1.54, 1.807) is 7.11 Å². The molecule has 2 heterocycles. The van der Waals surface area contributed by atoms with Gasteiger partial charge in [-0.3, -0.25) is 5.01 Å². The number of pyridine rings is 1. The Morgan fingerprint density at radius 1 is 0.795 bits per heavy atom. The molecule has 0 radical (unpaired) electrons. The molecule has 2 aromatic carbocycles. The molecule has 0 spiro atoms. The van der Waals surface area contributed by atoms with Crippen molar-refractivity contribution in [3.63, 3.8) is 0 Å². The summed E-state index contributed by atoms with van der Waals surface area (Å²) in [7, 11) is 13.5. The molecule has 0 fully saturated rings. The second kappa shape index (κ2) is 16.1. The molecule has 0 saturated carbocycles. The first-order chi connectivity index (χ1) is 17.8. The highest BCUT2D eigenvalue weighted by molar-refractivity contribution is 5.79.